The Morgan fingerprint density at radius 3 is 2.72 bits per heavy atom. The second-order valence-corrected chi connectivity index (χ2v) is 6.17. The SMILES string of the molecule is CCC1CCCCN1CC1(CNC)CCOCC1. The number of piperidine rings is 1. The first-order valence-corrected chi connectivity index (χ1v) is 7.76. The van der Waals surface area contributed by atoms with Crippen LogP contribution in [0.15, 0.2) is 0 Å². The molecule has 0 spiro atoms. The minimum Gasteiger partial charge on any atom is -0.381 e. The third kappa shape index (κ3) is 3.46. The van der Waals surface area contributed by atoms with Gasteiger partial charge in [0.1, 0.15) is 0 Å². The fourth-order valence-electron chi connectivity index (χ4n) is 3.73. The molecule has 1 unspecified atom stereocenters. The second-order valence-electron chi connectivity index (χ2n) is 6.17. The maximum atomic E-state index is 5.57. The number of rotatable bonds is 5. The molecule has 2 aliphatic rings. The minimum atomic E-state index is 0.456. The Morgan fingerprint density at radius 2 is 2.06 bits per heavy atom. The molecule has 2 heterocycles. The van der Waals surface area contributed by atoms with Gasteiger partial charge in [0.2, 0.25) is 0 Å². The zero-order chi connectivity index (χ0) is 12.8. The van der Waals surface area contributed by atoms with Crippen LogP contribution in [0.25, 0.3) is 0 Å². The van der Waals surface area contributed by atoms with Gasteiger partial charge in [0.25, 0.3) is 0 Å². The molecule has 0 aromatic rings. The molecule has 0 aliphatic carbocycles. The average molecular weight is 254 g/mol. The van der Waals surface area contributed by atoms with Crippen molar-refractivity contribution in [1.29, 1.82) is 0 Å². The second kappa shape index (κ2) is 6.88. The van der Waals surface area contributed by atoms with Crippen molar-refractivity contribution >= 4 is 0 Å². The smallest absolute Gasteiger partial charge is 0.0472 e. The first-order valence-electron chi connectivity index (χ1n) is 7.76. The summed E-state index contributed by atoms with van der Waals surface area (Å²) in [5.74, 6) is 0. The number of likely N-dealkylation sites (tertiary alicyclic amines) is 1. The van der Waals surface area contributed by atoms with Gasteiger partial charge in [-0.05, 0) is 51.1 Å². The van der Waals surface area contributed by atoms with Crippen LogP contribution in [0.1, 0.15) is 45.4 Å². The summed E-state index contributed by atoms with van der Waals surface area (Å²) in [7, 11) is 2.09. The zero-order valence-corrected chi connectivity index (χ0v) is 12.2. The monoisotopic (exact) mass is 254 g/mol. The number of nitrogens with one attached hydrogen (secondary N) is 1. The standard InChI is InChI=1S/C15H30N2O/c1-3-14-6-4-5-9-17(14)13-15(12-16-2)7-10-18-11-8-15/h14,16H,3-13H2,1-2H3. The summed E-state index contributed by atoms with van der Waals surface area (Å²) in [6, 6.07) is 0.829. The number of hydrogen-bond donors (Lipinski definition) is 1. The Kier molecular flexibility index (Phi) is 5.46. The lowest BCUT2D eigenvalue weighted by Crippen LogP contribution is -2.51. The molecule has 18 heavy (non-hydrogen) atoms. The van der Waals surface area contributed by atoms with Crippen LogP contribution in [0.2, 0.25) is 0 Å². The van der Waals surface area contributed by atoms with Crippen LogP contribution in [-0.4, -0.2) is 50.8 Å². The van der Waals surface area contributed by atoms with E-state index in [0.29, 0.717) is 5.41 Å². The molecule has 0 bridgehead atoms. The molecule has 0 aromatic heterocycles. The van der Waals surface area contributed by atoms with Crippen molar-refractivity contribution in [2.45, 2.75) is 51.5 Å². The Hall–Kier alpha value is -0.120. The molecule has 106 valence electrons. The van der Waals surface area contributed by atoms with E-state index >= 15 is 0 Å². The molecular weight excluding hydrogens is 224 g/mol. The summed E-state index contributed by atoms with van der Waals surface area (Å²) in [4.78, 5) is 2.77. The van der Waals surface area contributed by atoms with E-state index in [1.165, 1.54) is 51.6 Å². The Bertz CT molecular complexity index is 233. The fraction of sp³-hybridized carbons (Fsp3) is 1.00. The molecule has 0 amide bonds. The highest BCUT2D eigenvalue weighted by atomic mass is 16.5. The van der Waals surface area contributed by atoms with Gasteiger partial charge in [-0.1, -0.05) is 13.3 Å². The lowest BCUT2D eigenvalue weighted by Gasteiger charge is -2.45. The molecule has 2 aliphatic heterocycles. The lowest BCUT2D eigenvalue weighted by atomic mass is 9.78. The molecule has 1 atom stereocenters. The first kappa shape index (κ1) is 14.3. The van der Waals surface area contributed by atoms with Crippen molar-refractivity contribution < 1.29 is 4.74 Å². The van der Waals surface area contributed by atoms with Gasteiger partial charge in [0.15, 0.2) is 0 Å². The van der Waals surface area contributed by atoms with Crippen molar-refractivity contribution in [2.75, 3.05) is 39.9 Å². The van der Waals surface area contributed by atoms with Gasteiger partial charge in [-0.3, -0.25) is 4.90 Å². The van der Waals surface area contributed by atoms with Gasteiger partial charge in [0.05, 0.1) is 0 Å². The summed E-state index contributed by atoms with van der Waals surface area (Å²) in [5, 5.41) is 3.42. The first-order chi connectivity index (χ1) is 8.79. The van der Waals surface area contributed by atoms with Gasteiger partial charge in [-0.25, -0.2) is 0 Å². The van der Waals surface area contributed by atoms with E-state index in [1.54, 1.807) is 0 Å². The van der Waals surface area contributed by atoms with E-state index in [0.717, 1.165) is 25.8 Å². The van der Waals surface area contributed by atoms with E-state index in [4.69, 9.17) is 4.74 Å². The maximum Gasteiger partial charge on any atom is 0.0472 e. The van der Waals surface area contributed by atoms with E-state index < -0.39 is 0 Å². The molecule has 3 heteroatoms. The quantitative estimate of drug-likeness (QED) is 0.814. The van der Waals surface area contributed by atoms with E-state index in [1.807, 2.05) is 0 Å². The fourth-order valence-corrected chi connectivity index (χ4v) is 3.73. The molecule has 2 saturated heterocycles. The maximum absolute atomic E-state index is 5.57. The third-order valence-corrected chi connectivity index (χ3v) is 4.86. The summed E-state index contributed by atoms with van der Waals surface area (Å²) < 4.78 is 5.57. The zero-order valence-electron chi connectivity index (χ0n) is 12.2. The van der Waals surface area contributed by atoms with Crippen molar-refractivity contribution in [3.63, 3.8) is 0 Å². The van der Waals surface area contributed by atoms with Gasteiger partial charge in [0, 0.05) is 32.3 Å². The molecule has 0 aromatic carbocycles. The number of nitrogens with zero attached hydrogens (tertiary/aromatic N) is 1. The third-order valence-electron chi connectivity index (χ3n) is 4.86. The van der Waals surface area contributed by atoms with Crippen LogP contribution in [0.3, 0.4) is 0 Å². The lowest BCUT2D eigenvalue weighted by molar-refractivity contribution is -0.0169. The van der Waals surface area contributed by atoms with E-state index in [-0.39, 0.29) is 0 Å². The van der Waals surface area contributed by atoms with Gasteiger partial charge in [-0.15, -0.1) is 0 Å². The minimum absolute atomic E-state index is 0.456. The van der Waals surface area contributed by atoms with E-state index in [9.17, 15) is 0 Å². The Morgan fingerprint density at radius 1 is 1.28 bits per heavy atom. The summed E-state index contributed by atoms with van der Waals surface area (Å²) in [6.45, 7) is 7.97. The van der Waals surface area contributed by atoms with Crippen molar-refractivity contribution in [2.24, 2.45) is 5.41 Å². The summed E-state index contributed by atoms with van der Waals surface area (Å²) in [5.41, 5.74) is 0.456. The molecule has 0 radical (unpaired) electrons. The normalized spacial score (nSPS) is 29.3. The van der Waals surface area contributed by atoms with Crippen LogP contribution in [0, 0.1) is 5.41 Å². The highest BCUT2D eigenvalue weighted by Crippen LogP contribution is 2.33. The van der Waals surface area contributed by atoms with Crippen LogP contribution in [-0.2, 0) is 4.74 Å². The molecule has 0 saturated carbocycles. The molecule has 2 fully saturated rings. The predicted molar refractivity (Wildman–Crippen MR) is 75.9 cm³/mol. The Labute approximate surface area is 112 Å². The van der Waals surface area contributed by atoms with Crippen molar-refractivity contribution in [1.82, 2.24) is 10.2 Å². The number of ether oxygens (including phenoxy) is 1. The Balaban J connectivity index is 1.98. The largest absolute Gasteiger partial charge is 0.381 e. The van der Waals surface area contributed by atoms with Gasteiger partial charge >= 0.3 is 0 Å². The van der Waals surface area contributed by atoms with Crippen molar-refractivity contribution in [3.05, 3.63) is 0 Å². The van der Waals surface area contributed by atoms with Crippen LogP contribution in [0.5, 0.6) is 0 Å². The van der Waals surface area contributed by atoms with Gasteiger partial charge < -0.3 is 10.1 Å². The highest BCUT2D eigenvalue weighted by molar-refractivity contribution is 4.89. The molecule has 1 N–H and O–H groups in total. The van der Waals surface area contributed by atoms with Gasteiger partial charge in [-0.2, -0.15) is 0 Å². The van der Waals surface area contributed by atoms with Crippen LogP contribution in [0.4, 0.5) is 0 Å². The predicted octanol–water partition coefficient (Wildman–Crippen LogP) is 2.27. The molecule has 3 nitrogen and oxygen atoms in total. The topological polar surface area (TPSA) is 24.5 Å². The van der Waals surface area contributed by atoms with Crippen LogP contribution < -0.4 is 5.32 Å². The van der Waals surface area contributed by atoms with E-state index in [2.05, 4.69) is 24.2 Å². The highest BCUT2D eigenvalue weighted by Gasteiger charge is 2.35. The molecule has 2 rings (SSSR count). The average Bonchev–Trinajstić information content (AvgIpc) is 2.40. The summed E-state index contributed by atoms with van der Waals surface area (Å²) >= 11 is 0. The molecular formula is C15H30N2O. The van der Waals surface area contributed by atoms with Crippen LogP contribution >= 0.6 is 0 Å². The summed E-state index contributed by atoms with van der Waals surface area (Å²) in [6.07, 6.45) is 7.98. The van der Waals surface area contributed by atoms with Crippen molar-refractivity contribution in [3.8, 4) is 0 Å². The number of hydrogen-bond acceptors (Lipinski definition) is 3.